The fraction of sp³-hybridized carbons (Fsp3) is 0.450. The molecule has 2 amide bonds. The summed E-state index contributed by atoms with van der Waals surface area (Å²) in [5.41, 5.74) is 1.93. The van der Waals surface area contributed by atoms with E-state index in [1.807, 2.05) is 49.1 Å². The van der Waals surface area contributed by atoms with Crippen molar-refractivity contribution in [2.45, 2.75) is 45.1 Å². The van der Waals surface area contributed by atoms with Crippen molar-refractivity contribution in [2.24, 2.45) is 0 Å². The van der Waals surface area contributed by atoms with Gasteiger partial charge in [0.15, 0.2) is 0 Å². The summed E-state index contributed by atoms with van der Waals surface area (Å²) in [5.74, 6) is 0.299. The zero-order valence-corrected chi connectivity index (χ0v) is 15.3. The Morgan fingerprint density at radius 1 is 1.31 bits per heavy atom. The van der Waals surface area contributed by atoms with E-state index in [0.29, 0.717) is 19.5 Å². The minimum absolute atomic E-state index is 0.0456. The predicted octanol–water partition coefficient (Wildman–Crippen LogP) is 2.76. The molecular weight excluding hydrogens is 330 g/mol. The highest BCUT2D eigenvalue weighted by atomic mass is 16.5. The van der Waals surface area contributed by atoms with Crippen molar-refractivity contribution < 1.29 is 14.1 Å². The Labute approximate surface area is 153 Å². The van der Waals surface area contributed by atoms with Crippen molar-refractivity contribution in [3.63, 3.8) is 0 Å². The molecule has 1 aromatic heterocycles. The first-order valence-corrected chi connectivity index (χ1v) is 9.12. The first-order chi connectivity index (χ1) is 12.5. The van der Waals surface area contributed by atoms with Gasteiger partial charge in [0.25, 0.3) is 5.91 Å². The maximum absolute atomic E-state index is 12.4. The second-order valence-electron chi connectivity index (χ2n) is 7.06. The Bertz CT molecular complexity index is 755. The van der Waals surface area contributed by atoms with Crippen molar-refractivity contribution in [2.75, 3.05) is 13.1 Å². The number of carbonyl (C=O) groups is 2. The summed E-state index contributed by atoms with van der Waals surface area (Å²) >= 11 is 0. The average molecular weight is 355 g/mol. The summed E-state index contributed by atoms with van der Waals surface area (Å²) in [6, 6.07) is 11.6. The third-order valence-electron chi connectivity index (χ3n) is 4.69. The summed E-state index contributed by atoms with van der Waals surface area (Å²) in [5, 5.41) is 6.85. The Balaban J connectivity index is 1.47. The molecule has 1 unspecified atom stereocenters. The average Bonchev–Trinajstić information content (AvgIpc) is 3.30. The molecule has 1 aromatic carbocycles. The molecule has 1 aliphatic rings. The van der Waals surface area contributed by atoms with Crippen LogP contribution in [0.1, 0.15) is 54.4 Å². The smallest absolute Gasteiger partial charge is 0.290 e. The molecule has 2 heterocycles. The van der Waals surface area contributed by atoms with Crippen LogP contribution in [0.15, 0.2) is 40.9 Å². The van der Waals surface area contributed by atoms with Crippen LogP contribution in [0, 0.1) is 0 Å². The molecule has 1 aliphatic heterocycles. The van der Waals surface area contributed by atoms with Crippen LogP contribution in [0.2, 0.25) is 0 Å². The van der Waals surface area contributed by atoms with Gasteiger partial charge in [0.05, 0.1) is 5.69 Å². The van der Waals surface area contributed by atoms with Crippen LogP contribution in [0.4, 0.5) is 0 Å². The molecule has 6 heteroatoms. The van der Waals surface area contributed by atoms with E-state index in [2.05, 4.69) is 10.5 Å². The Morgan fingerprint density at radius 2 is 2.08 bits per heavy atom. The number of hydrogen-bond donors (Lipinski definition) is 1. The lowest BCUT2D eigenvalue weighted by atomic mass is 10.1. The standard InChI is InChI=1S/C20H25N3O3/c1-14(2)17-12-18(26-22-17)20(25)21-16-10-11-23(13-16)19(24)9-8-15-6-4-3-5-7-15/h3-7,12,14,16H,8-11,13H2,1-2H3,(H,21,25). The van der Waals surface area contributed by atoms with E-state index in [1.54, 1.807) is 6.07 Å². The van der Waals surface area contributed by atoms with Gasteiger partial charge in [-0.25, -0.2) is 0 Å². The van der Waals surface area contributed by atoms with E-state index in [4.69, 9.17) is 4.52 Å². The van der Waals surface area contributed by atoms with Crippen molar-refractivity contribution >= 4 is 11.8 Å². The van der Waals surface area contributed by atoms with Gasteiger partial charge < -0.3 is 14.7 Å². The molecule has 0 bridgehead atoms. The monoisotopic (exact) mass is 355 g/mol. The summed E-state index contributed by atoms with van der Waals surface area (Å²) in [7, 11) is 0. The van der Waals surface area contributed by atoms with Crippen molar-refractivity contribution in [1.29, 1.82) is 0 Å². The molecule has 1 atom stereocenters. The van der Waals surface area contributed by atoms with Gasteiger partial charge in [-0.3, -0.25) is 9.59 Å². The lowest BCUT2D eigenvalue weighted by Gasteiger charge is -2.17. The van der Waals surface area contributed by atoms with Gasteiger partial charge in [0.2, 0.25) is 11.7 Å². The molecular formula is C20H25N3O3. The maximum atomic E-state index is 12.4. The fourth-order valence-corrected chi connectivity index (χ4v) is 3.08. The van der Waals surface area contributed by atoms with Crippen LogP contribution in [-0.4, -0.2) is 41.0 Å². The lowest BCUT2D eigenvalue weighted by Crippen LogP contribution is -2.38. The van der Waals surface area contributed by atoms with E-state index in [1.165, 1.54) is 0 Å². The Kier molecular flexibility index (Phi) is 5.71. The number of carbonyl (C=O) groups excluding carboxylic acids is 2. The minimum atomic E-state index is -0.270. The van der Waals surface area contributed by atoms with Crippen LogP contribution in [-0.2, 0) is 11.2 Å². The van der Waals surface area contributed by atoms with Gasteiger partial charge >= 0.3 is 0 Å². The van der Waals surface area contributed by atoms with Gasteiger partial charge in [-0.15, -0.1) is 0 Å². The number of rotatable bonds is 6. The number of hydrogen-bond acceptors (Lipinski definition) is 4. The molecule has 3 rings (SSSR count). The summed E-state index contributed by atoms with van der Waals surface area (Å²) in [6.07, 6.45) is 1.99. The number of nitrogens with one attached hydrogen (secondary N) is 1. The summed E-state index contributed by atoms with van der Waals surface area (Å²) < 4.78 is 5.12. The number of likely N-dealkylation sites (tertiary alicyclic amines) is 1. The first kappa shape index (κ1) is 18.2. The molecule has 0 aliphatic carbocycles. The van der Waals surface area contributed by atoms with E-state index in [9.17, 15) is 9.59 Å². The molecule has 0 saturated carbocycles. The quantitative estimate of drug-likeness (QED) is 0.864. The van der Waals surface area contributed by atoms with Gasteiger partial charge in [-0.2, -0.15) is 0 Å². The van der Waals surface area contributed by atoms with Crippen molar-refractivity contribution in [3.05, 3.63) is 53.4 Å². The van der Waals surface area contributed by atoms with Crippen molar-refractivity contribution in [1.82, 2.24) is 15.4 Å². The molecule has 1 fully saturated rings. The van der Waals surface area contributed by atoms with E-state index in [-0.39, 0.29) is 29.5 Å². The number of amides is 2. The third kappa shape index (κ3) is 4.50. The molecule has 1 N–H and O–H groups in total. The highest BCUT2D eigenvalue weighted by molar-refractivity contribution is 5.91. The summed E-state index contributed by atoms with van der Waals surface area (Å²) in [4.78, 5) is 26.5. The van der Waals surface area contributed by atoms with Gasteiger partial charge in [-0.1, -0.05) is 49.3 Å². The van der Waals surface area contributed by atoms with E-state index >= 15 is 0 Å². The number of aromatic nitrogens is 1. The molecule has 26 heavy (non-hydrogen) atoms. The van der Waals surface area contributed by atoms with Crippen LogP contribution >= 0.6 is 0 Å². The van der Waals surface area contributed by atoms with Crippen LogP contribution < -0.4 is 5.32 Å². The SMILES string of the molecule is CC(C)c1cc(C(=O)NC2CCN(C(=O)CCc3ccccc3)C2)on1. The summed E-state index contributed by atoms with van der Waals surface area (Å²) in [6.45, 7) is 5.21. The van der Waals surface area contributed by atoms with Gasteiger partial charge in [0.1, 0.15) is 0 Å². The van der Waals surface area contributed by atoms with Crippen LogP contribution in [0.25, 0.3) is 0 Å². The zero-order valence-electron chi connectivity index (χ0n) is 15.3. The predicted molar refractivity (Wildman–Crippen MR) is 97.8 cm³/mol. The second kappa shape index (κ2) is 8.17. The topological polar surface area (TPSA) is 75.4 Å². The number of benzene rings is 1. The third-order valence-corrected chi connectivity index (χ3v) is 4.69. The van der Waals surface area contributed by atoms with Gasteiger partial charge in [0, 0.05) is 31.6 Å². The lowest BCUT2D eigenvalue weighted by molar-refractivity contribution is -0.130. The first-order valence-electron chi connectivity index (χ1n) is 9.12. The zero-order chi connectivity index (χ0) is 18.5. The van der Waals surface area contributed by atoms with Crippen LogP contribution in [0.3, 0.4) is 0 Å². The fourth-order valence-electron chi connectivity index (χ4n) is 3.08. The van der Waals surface area contributed by atoms with Crippen molar-refractivity contribution in [3.8, 4) is 0 Å². The molecule has 138 valence electrons. The maximum Gasteiger partial charge on any atom is 0.290 e. The molecule has 0 spiro atoms. The highest BCUT2D eigenvalue weighted by Crippen LogP contribution is 2.16. The Hall–Kier alpha value is -2.63. The normalized spacial score (nSPS) is 16.9. The molecule has 0 radical (unpaired) electrons. The van der Waals surface area contributed by atoms with Crippen LogP contribution in [0.5, 0.6) is 0 Å². The van der Waals surface area contributed by atoms with Gasteiger partial charge in [-0.05, 0) is 24.3 Å². The number of nitrogens with zero attached hydrogens (tertiary/aromatic N) is 2. The minimum Gasteiger partial charge on any atom is -0.351 e. The molecule has 6 nitrogen and oxygen atoms in total. The van der Waals surface area contributed by atoms with E-state index < -0.39 is 0 Å². The van der Waals surface area contributed by atoms with E-state index in [0.717, 1.165) is 24.1 Å². The second-order valence-corrected chi connectivity index (χ2v) is 7.06. The number of aryl methyl sites for hydroxylation is 1. The Morgan fingerprint density at radius 3 is 2.77 bits per heavy atom. The highest BCUT2D eigenvalue weighted by Gasteiger charge is 2.28. The molecule has 1 saturated heterocycles. The molecule has 2 aromatic rings. The largest absolute Gasteiger partial charge is 0.351 e.